The Morgan fingerprint density at radius 3 is 2.88 bits per heavy atom. The van der Waals surface area contributed by atoms with E-state index < -0.39 is 0 Å². The Bertz CT molecular complexity index is 766. The Morgan fingerprint density at radius 1 is 1.38 bits per heavy atom. The lowest BCUT2D eigenvalue weighted by molar-refractivity contribution is -0.119. The molecular weight excluding hydrogens is 304 g/mol. The van der Waals surface area contributed by atoms with E-state index in [9.17, 15) is 9.59 Å². The molecule has 0 aliphatic carbocycles. The molecule has 1 aromatic carbocycles. The number of aromatic nitrogens is 2. The first-order valence-corrected chi connectivity index (χ1v) is 8.20. The molecule has 6 heteroatoms. The van der Waals surface area contributed by atoms with Gasteiger partial charge in [0, 0.05) is 19.3 Å². The molecule has 0 fully saturated rings. The van der Waals surface area contributed by atoms with E-state index in [1.807, 2.05) is 31.2 Å². The standard InChI is InChI=1S/C18H22N4O2/c1-12(2)9-21-11-14(8-19-21)18(24)22-10-13(3)17(23)20-15-6-4-5-7-16(15)22/h4-8,11-13H,9-10H2,1-3H3,(H,20,23)/t13-/m1/s1. The lowest BCUT2D eigenvalue weighted by Crippen LogP contribution is -2.35. The van der Waals surface area contributed by atoms with Gasteiger partial charge in [-0.05, 0) is 18.1 Å². The van der Waals surface area contributed by atoms with E-state index in [-0.39, 0.29) is 17.7 Å². The SMILES string of the molecule is CC(C)Cn1cc(C(=O)N2C[C@@H](C)C(=O)Nc3ccccc32)cn1. The average Bonchev–Trinajstić information content (AvgIpc) is 2.95. The first-order chi connectivity index (χ1) is 11.5. The molecule has 2 aromatic rings. The number of nitrogens with zero attached hydrogens (tertiary/aromatic N) is 3. The van der Waals surface area contributed by atoms with Gasteiger partial charge in [-0.1, -0.05) is 32.9 Å². The van der Waals surface area contributed by atoms with Gasteiger partial charge in [0.05, 0.1) is 29.1 Å². The Kier molecular flexibility index (Phi) is 4.38. The fourth-order valence-electron chi connectivity index (χ4n) is 2.82. The molecule has 0 radical (unpaired) electrons. The molecule has 6 nitrogen and oxygen atoms in total. The quantitative estimate of drug-likeness (QED) is 0.943. The molecule has 2 heterocycles. The number of rotatable bonds is 3. The van der Waals surface area contributed by atoms with Crippen molar-refractivity contribution >= 4 is 23.2 Å². The van der Waals surface area contributed by atoms with Crippen LogP contribution < -0.4 is 10.2 Å². The van der Waals surface area contributed by atoms with Crippen molar-refractivity contribution in [1.29, 1.82) is 0 Å². The van der Waals surface area contributed by atoms with E-state index in [0.717, 1.165) is 12.2 Å². The molecule has 0 bridgehead atoms. The Hall–Kier alpha value is -2.63. The highest BCUT2D eigenvalue weighted by Crippen LogP contribution is 2.30. The van der Waals surface area contributed by atoms with Crippen molar-refractivity contribution in [3.63, 3.8) is 0 Å². The second-order valence-corrected chi connectivity index (χ2v) is 6.67. The molecule has 1 N–H and O–H groups in total. The van der Waals surface area contributed by atoms with Gasteiger partial charge in [0.1, 0.15) is 0 Å². The number of anilines is 2. The van der Waals surface area contributed by atoms with Gasteiger partial charge in [0.15, 0.2) is 0 Å². The van der Waals surface area contributed by atoms with Crippen molar-refractivity contribution < 1.29 is 9.59 Å². The number of benzene rings is 1. The van der Waals surface area contributed by atoms with Crippen LogP contribution in [0.5, 0.6) is 0 Å². The van der Waals surface area contributed by atoms with Gasteiger partial charge in [0.2, 0.25) is 5.91 Å². The maximum Gasteiger partial charge on any atom is 0.261 e. The smallest absolute Gasteiger partial charge is 0.261 e. The maximum atomic E-state index is 13.0. The van der Waals surface area contributed by atoms with E-state index in [0.29, 0.717) is 23.7 Å². The van der Waals surface area contributed by atoms with E-state index in [4.69, 9.17) is 0 Å². The number of fused-ring (bicyclic) bond motifs is 1. The number of hydrogen-bond acceptors (Lipinski definition) is 3. The number of hydrogen-bond donors (Lipinski definition) is 1. The van der Waals surface area contributed by atoms with Crippen molar-refractivity contribution in [2.45, 2.75) is 27.3 Å². The fraction of sp³-hybridized carbons (Fsp3) is 0.389. The van der Waals surface area contributed by atoms with Crippen LogP contribution in [0.25, 0.3) is 0 Å². The highest BCUT2D eigenvalue weighted by atomic mass is 16.2. The molecule has 1 aliphatic heterocycles. The fourth-order valence-corrected chi connectivity index (χ4v) is 2.82. The third-order valence-electron chi connectivity index (χ3n) is 4.03. The van der Waals surface area contributed by atoms with Crippen molar-refractivity contribution in [3.8, 4) is 0 Å². The van der Waals surface area contributed by atoms with Gasteiger partial charge in [-0.15, -0.1) is 0 Å². The molecule has 2 amide bonds. The van der Waals surface area contributed by atoms with Crippen molar-refractivity contribution in [1.82, 2.24) is 9.78 Å². The van der Waals surface area contributed by atoms with Gasteiger partial charge in [-0.2, -0.15) is 5.10 Å². The zero-order valence-corrected chi connectivity index (χ0v) is 14.2. The minimum absolute atomic E-state index is 0.0757. The summed E-state index contributed by atoms with van der Waals surface area (Å²) in [6.07, 6.45) is 3.37. The molecule has 1 atom stereocenters. The molecular formula is C18H22N4O2. The highest BCUT2D eigenvalue weighted by Gasteiger charge is 2.29. The Balaban J connectivity index is 1.93. The third kappa shape index (κ3) is 3.18. The van der Waals surface area contributed by atoms with Crippen LogP contribution in [0.2, 0.25) is 0 Å². The molecule has 0 unspecified atom stereocenters. The van der Waals surface area contributed by atoms with Crippen LogP contribution in [0.15, 0.2) is 36.7 Å². The number of amides is 2. The molecule has 1 aromatic heterocycles. The highest BCUT2D eigenvalue weighted by molar-refractivity contribution is 6.10. The lowest BCUT2D eigenvalue weighted by Gasteiger charge is -2.22. The van der Waals surface area contributed by atoms with Crippen LogP contribution in [0.3, 0.4) is 0 Å². The molecule has 0 spiro atoms. The van der Waals surface area contributed by atoms with Crippen molar-refractivity contribution in [3.05, 3.63) is 42.2 Å². The van der Waals surface area contributed by atoms with Gasteiger partial charge in [-0.3, -0.25) is 14.3 Å². The van der Waals surface area contributed by atoms with Gasteiger partial charge in [-0.25, -0.2) is 0 Å². The van der Waals surface area contributed by atoms with Crippen LogP contribution >= 0.6 is 0 Å². The largest absolute Gasteiger partial charge is 0.324 e. The Labute approximate surface area is 141 Å². The summed E-state index contributed by atoms with van der Waals surface area (Å²) in [7, 11) is 0. The molecule has 0 saturated heterocycles. The second-order valence-electron chi connectivity index (χ2n) is 6.67. The summed E-state index contributed by atoms with van der Waals surface area (Å²) >= 11 is 0. The first kappa shape index (κ1) is 16.2. The molecule has 126 valence electrons. The maximum absolute atomic E-state index is 13.0. The average molecular weight is 326 g/mol. The summed E-state index contributed by atoms with van der Waals surface area (Å²) < 4.78 is 1.79. The molecule has 0 saturated carbocycles. The second kappa shape index (κ2) is 6.47. The first-order valence-electron chi connectivity index (χ1n) is 8.20. The minimum Gasteiger partial charge on any atom is -0.324 e. The molecule has 3 rings (SSSR count). The Morgan fingerprint density at radius 2 is 2.12 bits per heavy atom. The topological polar surface area (TPSA) is 67.2 Å². The van der Waals surface area contributed by atoms with Crippen LogP contribution in [0.1, 0.15) is 31.1 Å². The van der Waals surface area contributed by atoms with E-state index in [1.54, 1.807) is 22.0 Å². The van der Waals surface area contributed by atoms with Crippen LogP contribution in [0.4, 0.5) is 11.4 Å². The zero-order chi connectivity index (χ0) is 17.3. The van der Waals surface area contributed by atoms with Crippen LogP contribution in [0, 0.1) is 11.8 Å². The van der Waals surface area contributed by atoms with Gasteiger partial charge < -0.3 is 10.2 Å². The van der Waals surface area contributed by atoms with Gasteiger partial charge in [0.25, 0.3) is 5.91 Å². The van der Waals surface area contributed by atoms with E-state index in [2.05, 4.69) is 24.3 Å². The predicted octanol–water partition coefficient (Wildman–Crippen LogP) is 2.77. The molecule has 24 heavy (non-hydrogen) atoms. The zero-order valence-electron chi connectivity index (χ0n) is 14.2. The number of nitrogens with one attached hydrogen (secondary N) is 1. The normalized spacial score (nSPS) is 17.4. The summed E-state index contributed by atoms with van der Waals surface area (Å²) in [6, 6.07) is 7.37. The third-order valence-corrected chi connectivity index (χ3v) is 4.03. The predicted molar refractivity (Wildman–Crippen MR) is 93.0 cm³/mol. The van der Waals surface area contributed by atoms with Crippen LogP contribution in [-0.2, 0) is 11.3 Å². The summed E-state index contributed by atoms with van der Waals surface area (Å²) in [5.74, 6) is -0.0465. The summed E-state index contributed by atoms with van der Waals surface area (Å²) in [5.41, 5.74) is 1.92. The minimum atomic E-state index is -0.285. The van der Waals surface area contributed by atoms with Crippen molar-refractivity contribution in [2.24, 2.45) is 11.8 Å². The molecule has 1 aliphatic rings. The number of carbonyl (C=O) groups excluding carboxylic acids is 2. The monoisotopic (exact) mass is 326 g/mol. The summed E-state index contributed by atoms with van der Waals surface area (Å²) in [4.78, 5) is 26.8. The van der Waals surface area contributed by atoms with Crippen molar-refractivity contribution in [2.75, 3.05) is 16.8 Å². The summed E-state index contributed by atoms with van der Waals surface area (Å²) in [5, 5.41) is 7.16. The number of carbonyl (C=O) groups is 2. The van der Waals surface area contributed by atoms with E-state index in [1.165, 1.54) is 0 Å². The lowest BCUT2D eigenvalue weighted by atomic mass is 10.1. The number of para-hydroxylation sites is 2. The summed E-state index contributed by atoms with van der Waals surface area (Å²) in [6.45, 7) is 7.14. The van der Waals surface area contributed by atoms with E-state index >= 15 is 0 Å². The van der Waals surface area contributed by atoms with Crippen LogP contribution in [-0.4, -0.2) is 28.1 Å². The van der Waals surface area contributed by atoms with Gasteiger partial charge >= 0.3 is 0 Å².